The topological polar surface area (TPSA) is 114 Å². The molecule has 0 bridgehead atoms. The smallest absolute Gasteiger partial charge is 0.435 e. The van der Waals surface area contributed by atoms with E-state index >= 15 is 0 Å². The minimum atomic E-state index is -4.97. The number of methoxy groups -OCH3 is 1. The van der Waals surface area contributed by atoms with Crippen LogP contribution in [0, 0.1) is 23.3 Å². The van der Waals surface area contributed by atoms with Gasteiger partial charge < -0.3 is 14.8 Å². The quantitative estimate of drug-likeness (QED) is 0.437. The van der Waals surface area contributed by atoms with Crippen molar-refractivity contribution in [3.63, 3.8) is 0 Å². The van der Waals surface area contributed by atoms with Crippen molar-refractivity contribution < 1.29 is 40.4 Å². The number of hydrogen-bond donors (Lipinski definition) is 2. The number of benzene rings is 2. The molecule has 1 heterocycles. The number of anilines is 1. The molecule has 3 aromatic rings. The van der Waals surface area contributed by atoms with Gasteiger partial charge in [-0.15, -0.1) is 10.2 Å². The Balaban J connectivity index is 2.12. The van der Waals surface area contributed by atoms with Crippen molar-refractivity contribution in [1.82, 2.24) is 10.2 Å². The Hall–Kier alpha value is -3.81. The van der Waals surface area contributed by atoms with Gasteiger partial charge in [-0.05, 0) is 42.8 Å². The van der Waals surface area contributed by atoms with Gasteiger partial charge in [-0.3, -0.25) is 4.79 Å². The van der Waals surface area contributed by atoms with E-state index in [1.165, 1.54) is 24.3 Å². The first kappa shape index (κ1) is 25.8. The van der Waals surface area contributed by atoms with Crippen LogP contribution in [0.4, 0.5) is 27.6 Å². The van der Waals surface area contributed by atoms with Gasteiger partial charge in [0, 0.05) is 16.8 Å². The van der Waals surface area contributed by atoms with E-state index in [1.807, 2.05) is 0 Å². The molecular weight excluding hydrogens is 499 g/mol. The fourth-order valence-corrected chi connectivity index (χ4v) is 3.70. The minimum absolute atomic E-state index is 0.0236. The summed E-state index contributed by atoms with van der Waals surface area (Å²) >= 11 is 0. The number of carbonyl (C=O) groups is 1. The molecule has 0 aliphatic rings. The maximum atomic E-state index is 14.1. The van der Waals surface area contributed by atoms with Crippen LogP contribution < -0.4 is 14.8 Å². The summed E-state index contributed by atoms with van der Waals surface area (Å²) in [4.78, 5) is 13.1. The summed E-state index contributed by atoms with van der Waals surface area (Å²) in [5, 5.41) is 8.77. The third kappa shape index (κ3) is 5.48. The van der Waals surface area contributed by atoms with E-state index in [4.69, 9.17) is 14.3 Å². The normalized spacial score (nSPS) is 13.1. The van der Waals surface area contributed by atoms with Gasteiger partial charge in [-0.25, -0.2) is 13.4 Å². The highest BCUT2D eigenvalue weighted by molar-refractivity contribution is 7.91. The number of alkyl halides is 3. The molecule has 3 rings (SSSR count). The Morgan fingerprint density at radius 2 is 1.83 bits per heavy atom. The first-order valence-electron chi connectivity index (χ1n) is 9.53. The zero-order valence-electron chi connectivity index (χ0n) is 18.3. The summed E-state index contributed by atoms with van der Waals surface area (Å²) in [7, 11) is -2.14. The Kier molecular flexibility index (Phi) is 6.96. The van der Waals surface area contributed by atoms with Crippen molar-refractivity contribution in [2.45, 2.75) is 18.0 Å². The lowest BCUT2D eigenvalue weighted by Gasteiger charge is -2.17. The van der Waals surface area contributed by atoms with E-state index in [0.717, 1.165) is 26.4 Å². The van der Waals surface area contributed by atoms with Gasteiger partial charge >= 0.3 is 6.18 Å². The second-order valence-corrected chi connectivity index (χ2v) is 9.33. The maximum absolute atomic E-state index is 14.1. The van der Waals surface area contributed by atoms with E-state index in [0.29, 0.717) is 6.07 Å². The average Bonchev–Trinajstić information content (AvgIpc) is 2.75. The molecule has 1 unspecified atom stereocenters. The van der Waals surface area contributed by atoms with Gasteiger partial charge in [-0.2, -0.15) is 17.6 Å². The van der Waals surface area contributed by atoms with Gasteiger partial charge in [0.15, 0.2) is 17.3 Å². The van der Waals surface area contributed by atoms with Gasteiger partial charge in [0.05, 0.1) is 16.8 Å². The van der Waals surface area contributed by atoms with E-state index in [2.05, 4.69) is 15.5 Å². The lowest BCUT2D eigenvalue weighted by atomic mass is 10.1. The van der Waals surface area contributed by atoms with Gasteiger partial charge in [0.1, 0.15) is 5.56 Å². The molecule has 1 amide bonds. The Bertz CT molecular complexity index is 1410. The molecule has 1 aromatic heterocycles. The number of amides is 1. The van der Waals surface area contributed by atoms with E-state index in [1.54, 1.807) is 0 Å². The second kappa shape index (κ2) is 9.44. The number of hydrogen-bond acceptors (Lipinski definition) is 7. The maximum Gasteiger partial charge on any atom is 0.435 e. The van der Waals surface area contributed by atoms with Crippen molar-refractivity contribution in [1.29, 1.82) is 4.78 Å². The van der Waals surface area contributed by atoms with E-state index < -0.39 is 67.6 Å². The molecule has 0 aliphatic carbocycles. The summed E-state index contributed by atoms with van der Waals surface area (Å²) in [5.41, 5.74) is -2.80. The van der Waals surface area contributed by atoms with Crippen LogP contribution in [0.3, 0.4) is 0 Å². The van der Waals surface area contributed by atoms with Crippen molar-refractivity contribution >= 4 is 21.3 Å². The number of carbonyl (C=O) groups excluding carboxylic acids is 1. The largest absolute Gasteiger partial charge is 0.490 e. The predicted octanol–water partition coefficient (Wildman–Crippen LogP) is 5.17. The number of nitrogens with zero attached hydrogens (tertiary/aromatic N) is 2. The third-order valence-corrected chi connectivity index (χ3v) is 5.80. The highest BCUT2D eigenvalue weighted by atomic mass is 32.2. The monoisotopic (exact) mass is 516 g/mol. The molecule has 186 valence electrons. The van der Waals surface area contributed by atoms with Crippen molar-refractivity contribution in [3.8, 4) is 17.4 Å². The summed E-state index contributed by atoms with van der Waals surface area (Å²) in [6.07, 6.45) is -3.81. The van der Waals surface area contributed by atoms with Crippen LogP contribution >= 0.6 is 0 Å². The fraction of sp³-hybridized carbons (Fsp3) is 0.190. The van der Waals surface area contributed by atoms with Crippen LogP contribution in [0.25, 0.3) is 0 Å². The highest BCUT2D eigenvalue weighted by Crippen LogP contribution is 2.38. The highest BCUT2D eigenvalue weighted by Gasteiger charge is 2.38. The number of ether oxygens (including phenoxy) is 2. The van der Waals surface area contributed by atoms with Crippen molar-refractivity contribution in [3.05, 3.63) is 64.9 Å². The standard InChI is InChI=1S/C21H17F5N4O4S/c1-10-15(19(31)28-11-5-4-6-12(9-11)35(3,27)32)20(30-29-18(10)21(24,25)26)34-14-8-7-13(22)16(23)17(14)33-2/h4-9,27H,1-3H3,(H,28,31). The van der Waals surface area contributed by atoms with Crippen LogP contribution in [-0.2, 0) is 15.9 Å². The number of nitrogens with one attached hydrogen (secondary N) is 2. The van der Waals surface area contributed by atoms with Crippen LogP contribution in [-0.4, -0.2) is 33.7 Å². The molecule has 0 fully saturated rings. The lowest BCUT2D eigenvalue weighted by molar-refractivity contribution is -0.142. The summed E-state index contributed by atoms with van der Waals surface area (Å²) in [6.45, 7) is 0.959. The van der Waals surface area contributed by atoms with E-state index in [9.17, 15) is 31.0 Å². The molecule has 0 saturated carbocycles. The summed E-state index contributed by atoms with van der Waals surface area (Å²) in [6, 6.07) is 6.98. The van der Waals surface area contributed by atoms with Crippen molar-refractivity contribution in [2.24, 2.45) is 0 Å². The van der Waals surface area contributed by atoms with Gasteiger partial charge in [0.2, 0.25) is 11.6 Å². The molecule has 35 heavy (non-hydrogen) atoms. The zero-order valence-corrected chi connectivity index (χ0v) is 19.1. The first-order valence-corrected chi connectivity index (χ1v) is 11.5. The van der Waals surface area contributed by atoms with Gasteiger partial charge in [0.25, 0.3) is 11.8 Å². The number of aromatic nitrogens is 2. The molecule has 0 saturated heterocycles. The van der Waals surface area contributed by atoms with Crippen LogP contribution in [0.1, 0.15) is 21.6 Å². The molecule has 0 spiro atoms. The number of rotatable bonds is 6. The Morgan fingerprint density at radius 1 is 1.14 bits per heavy atom. The van der Waals surface area contributed by atoms with Crippen LogP contribution in [0.5, 0.6) is 17.4 Å². The lowest BCUT2D eigenvalue weighted by Crippen LogP contribution is -2.21. The third-order valence-electron chi connectivity index (χ3n) is 4.65. The predicted molar refractivity (Wildman–Crippen MR) is 114 cm³/mol. The van der Waals surface area contributed by atoms with Crippen LogP contribution in [0.15, 0.2) is 41.3 Å². The molecule has 0 radical (unpaired) electrons. The Morgan fingerprint density at radius 3 is 2.43 bits per heavy atom. The molecular formula is C21H17F5N4O4S. The SMILES string of the molecule is COc1c(Oc2nnc(C(F)(F)F)c(C)c2C(=O)Nc2cccc(S(C)(=N)=O)c2)ccc(F)c1F. The fourth-order valence-electron chi connectivity index (χ4n) is 3.01. The zero-order chi connectivity index (χ0) is 26.1. The van der Waals surface area contributed by atoms with E-state index in [-0.39, 0.29) is 10.6 Å². The minimum Gasteiger partial charge on any atom is -0.490 e. The summed E-state index contributed by atoms with van der Waals surface area (Å²) < 4.78 is 97.7. The average molecular weight is 516 g/mol. The molecule has 14 heteroatoms. The number of halogens is 5. The first-order chi connectivity index (χ1) is 16.2. The molecule has 8 nitrogen and oxygen atoms in total. The van der Waals surface area contributed by atoms with Crippen molar-refractivity contribution in [2.75, 3.05) is 18.7 Å². The Labute approximate surface area is 196 Å². The second-order valence-electron chi connectivity index (χ2n) is 7.17. The summed E-state index contributed by atoms with van der Waals surface area (Å²) in [5.74, 6) is -5.75. The molecule has 0 aliphatic heterocycles. The molecule has 1 atom stereocenters. The molecule has 2 N–H and O–H groups in total. The van der Waals surface area contributed by atoms with Gasteiger partial charge in [-0.1, -0.05) is 6.07 Å². The molecule has 2 aromatic carbocycles. The van der Waals surface area contributed by atoms with Crippen LogP contribution in [0.2, 0.25) is 0 Å².